The maximum absolute atomic E-state index is 12.3. The van der Waals surface area contributed by atoms with Crippen LogP contribution in [0.5, 0.6) is 0 Å². The Morgan fingerprint density at radius 1 is 1.41 bits per heavy atom. The van der Waals surface area contributed by atoms with Crippen LogP contribution in [0.15, 0.2) is 18.5 Å². The molecular formula is C9H8ClF3N4. The minimum atomic E-state index is -4.43. The van der Waals surface area contributed by atoms with Gasteiger partial charge < -0.3 is 4.57 Å². The van der Waals surface area contributed by atoms with Gasteiger partial charge in [0.25, 0.3) is 0 Å². The van der Waals surface area contributed by atoms with Crippen molar-refractivity contribution in [2.24, 2.45) is 7.05 Å². The van der Waals surface area contributed by atoms with Gasteiger partial charge in [-0.25, -0.2) is 4.98 Å². The Morgan fingerprint density at radius 2 is 2.12 bits per heavy atom. The first kappa shape index (κ1) is 12.0. The molecule has 0 spiro atoms. The summed E-state index contributed by atoms with van der Waals surface area (Å²) in [7, 11) is 1.68. The largest absolute Gasteiger partial charge is 0.435 e. The number of hydrogen-bond donors (Lipinski definition) is 0. The molecule has 0 unspecified atom stereocenters. The molecular weight excluding hydrogens is 257 g/mol. The Hall–Kier alpha value is -1.50. The quantitative estimate of drug-likeness (QED) is 0.835. The second-order valence-electron chi connectivity index (χ2n) is 3.45. The normalized spacial score (nSPS) is 12.1. The zero-order chi connectivity index (χ0) is 12.6. The van der Waals surface area contributed by atoms with Gasteiger partial charge in [0, 0.05) is 13.2 Å². The standard InChI is InChI=1S/C9H8ClF3N4/c1-16-7(10)4-14-8(16)5-17-3-2-6(15-17)9(11,12)13/h2-4H,5H2,1H3. The molecule has 0 N–H and O–H groups in total. The van der Waals surface area contributed by atoms with Crippen LogP contribution in [0.3, 0.4) is 0 Å². The third kappa shape index (κ3) is 2.44. The molecule has 0 bridgehead atoms. The molecule has 92 valence electrons. The van der Waals surface area contributed by atoms with E-state index in [9.17, 15) is 13.2 Å². The van der Waals surface area contributed by atoms with Crippen molar-refractivity contribution in [3.05, 3.63) is 35.1 Å². The van der Waals surface area contributed by atoms with E-state index in [0.717, 1.165) is 6.07 Å². The number of halogens is 4. The van der Waals surface area contributed by atoms with Gasteiger partial charge in [-0.05, 0) is 6.07 Å². The molecule has 0 radical (unpaired) electrons. The van der Waals surface area contributed by atoms with Crippen LogP contribution in [0.25, 0.3) is 0 Å². The summed E-state index contributed by atoms with van der Waals surface area (Å²) >= 11 is 5.76. The average molecular weight is 265 g/mol. The highest BCUT2D eigenvalue weighted by molar-refractivity contribution is 6.29. The van der Waals surface area contributed by atoms with E-state index in [1.165, 1.54) is 17.1 Å². The Kier molecular flexibility index (Phi) is 2.86. The van der Waals surface area contributed by atoms with Gasteiger partial charge in [0.1, 0.15) is 11.0 Å². The fourth-order valence-corrected chi connectivity index (χ4v) is 1.46. The smallest absolute Gasteiger partial charge is 0.321 e. The lowest BCUT2D eigenvalue weighted by Crippen LogP contribution is -2.10. The zero-order valence-electron chi connectivity index (χ0n) is 8.74. The number of hydrogen-bond acceptors (Lipinski definition) is 2. The molecule has 8 heteroatoms. The van der Waals surface area contributed by atoms with Crippen molar-refractivity contribution >= 4 is 11.6 Å². The molecule has 0 aromatic carbocycles. The van der Waals surface area contributed by atoms with Crippen molar-refractivity contribution in [2.75, 3.05) is 0 Å². The maximum Gasteiger partial charge on any atom is 0.435 e. The summed E-state index contributed by atoms with van der Waals surface area (Å²) in [5, 5.41) is 3.84. The molecule has 0 atom stereocenters. The van der Waals surface area contributed by atoms with Gasteiger partial charge >= 0.3 is 6.18 Å². The van der Waals surface area contributed by atoms with Gasteiger partial charge in [0.2, 0.25) is 0 Å². The van der Waals surface area contributed by atoms with E-state index >= 15 is 0 Å². The molecule has 2 rings (SSSR count). The van der Waals surface area contributed by atoms with Gasteiger partial charge in [0.05, 0.1) is 12.7 Å². The average Bonchev–Trinajstić information content (AvgIpc) is 2.80. The molecule has 2 aromatic rings. The number of aromatic nitrogens is 4. The predicted octanol–water partition coefficient (Wildman–Crippen LogP) is 2.34. The van der Waals surface area contributed by atoms with E-state index in [4.69, 9.17) is 11.6 Å². The summed E-state index contributed by atoms with van der Waals surface area (Å²) in [6, 6.07) is 0.921. The summed E-state index contributed by atoms with van der Waals surface area (Å²) in [6.45, 7) is 0.138. The molecule has 0 saturated heterocycles. The zero-order valence-corrected chi connectivity index (χ0v) is 9.50. The third-order valence-electron chi connectivity index (χ3n) is 2.26. The predicted molar refractivity (Wildman–Crippen MR) is 54.5 cm³/mol. The summed E-state index contributed by atoms with van der Waals surface area (Å²) in [6.07, 6.45) is -1.74. The molecule has 0 aliphatic heterocycles. The van der Waals surface area contributed by atoms with E-state index in [-0.39, 0.29) is 6.54 Å². The molecule has 0 amide bonds. The number of alkyl halides is 3. The molecule has 0 aliphatic rings. The second-order valence-corrected chi connectivity index (χ2v) is 3.84. The lowest BCUT2D eigenvalue weighted by atomic mass is 10.4. The topological polar surface area (TPSA) is 35.6 Å². The molecule has 2 aromatic heterocycles. The SMILES string of the molecule is Cn1c(Cl)cnc1Cn1ccc(C(F)(F)F)n1. The highest BCUT2D eigenvalue weighted by Crippen LogP contribution is 2.27. The highest BCUT2D eigenvalue weighted by Gasteiger charge is 2.33. The van der Waals surface area contributed by atoms with Crippen LogP contribution in [0.4, 0.5) is 13.2 Å². The first-order valence-electron chi connectivity index (χ1n) is 4.64. The van der Waals surface area contributed by atoms with Gasteiger partial charge in [0.15, 0.2) is 5.69 Å². The minimum absolute atomic E-state index is 0.138. The van der Waals surface area contributed by atoms with Crippen LogP contribution in [0.2, 0.25) is 5.15 Å². The van der Waals surface area contributed by atoms with Crippen LogP contribution in [0.1, 0.15) is 11.5 Å². The van der Waals surface area contributed by atoms with Crippen LogP contribution >= 0.6 is 11.6 Å². The van der Waals surface area contributed by atoms with Crippen molar-refractivity contribution in [3.8, 4) is 0 Å². The van der Waals surface area contributed by atoms with Crippen LogP contribution in [-0.4, -0.2) is 19.3 Å². The Balaban J connectivity index is 2.20. The molecule has 4 nitrogen and oxygen atoms in total. The van der Waals surface area contributed by atoms with E-state index in [0.29, 0.717) is 11.0 Å². The Bertz CT molecular complexity index is 529. The fraction of sp³-hybridized carbons (Fsp3) is 0.333. The number of nitrogens with zero attached hydrogens (tertiary/aromatic N) is 4. The minimum Gasteiger partial charge on any atom is -0.321 e. The van der Waals surface area contributed by atoms with Crippen LogP contribution in [-0.2, 0) is 19.8 Å². The highest BCUT2D eigenvalue weighted by atomic mass is 35.5. The first-order valence-corrected chi connectivity index (χ1v) is 5.02. The van der Waals surface area contributed by atoms with Crippen LogP contribution in [0, 0.1) is 0 Å². The fourth-order valence-electron chi connectivity index (χ4n) is 1.32. The van der Waals surface area contributed by atoms with Crippen LogP contribution < -0.4 is 0 Å². The molecule has 2 heterocycles. The monoisotopic (exact) mass is 264 g/mol. The first-order chi connectivity index (χ1) is 7.88. The summed E-state index contributed by atoms with van der Waals surface area (Å²) in [4.78, 5) is 3.97. The van der Waals surface area contributed by atoms with Crippen molar-refractivity contribution in [2.45, 2.75) is 12.7 Å². The van der Waals surface area contributed by atoms with Gasteiger partial charge in [-0.15, -0.1) is 0 Å². The van der Waals surface area contributed by atoms with Crippen molar-refractivity contribution in [1.29, 1.82) is 0 Å². The van der Waals surface area contributed by atoms with E-state index < -0.39 is 11.9 Å². The summed E-state index contributed by atoms with van der Waals surface area (Å²) in [5.41, 5.74) is -0.919. The van der Waals surface area contributed by atoms with Crippen molar-refractivity contribution < 1.29 is 13.2 Å². The number of imidazole rings is 1. The summed E-state index contributed by atoms with van der Waals surface area (Å²) in [5.74, 6) is 0.534. The lowest BCUT2D eigenvalue weighted by molar-refractivity contribution is -0.141. The molecule has 0 saturated carbocycles. The number of rotatable bonds is 2. The van der Waals surface area contributed by atoms with E-state index in [1.807, 2.05) is 0 Å². The third-order valence-corrected chi connectivity index (χ3v) is 2.61. The van der Waals surface area contributed by atoms with Gasteiger partial charge in [-0.1, -0.05) is 11.6 Å². The Labute approximate surface area is 99.6 Å². The van der Waals surface area contributed by atoms with Crippen molar-refractivity contribution in [1.82, 2.24) is 19.3 Å². The van der Waals surface area contributed by atoms with Gasteiger partial charge in [-0.2, -0.15) is 18.3 Å². The van der Waals surface area contributed by atoms with Gasteiger partial charge in [-0.3, -0.25) is 4.68 Å². The van der Waals surface area contributed by atoms with E-state index in [1.54, 1.807) is 11.6 Å². The van der Waals surface area contributed by atoms with E-state index in [2.05, 4.69) is 10.1 Å². The molecule has 17 heavy (non-hydrogen) atoms. The second kappa shape index (κ2) is 4.06. The Morgan fingerprint density at radius 3 is 2.59 bits per heavy atom. The molecule has 0 aliphatic carbocycles. The van der Waals surface area contributed by atoms with Crippen molar-refractivity contribution in [3.63, 3.8) is 0 Å². The lowest BCUT2D eigenvalue weighted by Gasteiger charge is -2.03. The maximum atomic E-state index is 12.3. The summed E-state index contributed by atoms with van der Waals surface area (Å²) < 4.78 is 39.7. The molecule has 0 fully saturated rings.